The molecule has 2 rings (SSSR count). The molecule has 1 aliphatic heterocycles. The number of rotatable bonds is 4. The van der Waals surface area contributed by atoms with Crippen LogP contribution in [0.4, 0.5) is 10.5 Å². The minimum absolute atomic E-state index is 0.00231. The van der Waals surface area contributed by atoms with Crippen LogP contribution < -0.4 is 10.6 Å². The fraction of sp³-hybridized carbons (Fsp3) is 0.579. The first-order chi connectivity index (χ1) is 11.4. The van der Waals surface area contributed by atoms with Gasteiger partial charge in [-0.25, -0.2) is 4.79 Å². The molecule has 1 aromatic rings. The molecule has 3 amide bonds. The zero-order chi connectivity index (χ0) is 17.7. The molecule has 2 N–H and O–H groups in total. The smallest absolute Gasteiger partial charge is 0.321 e. The van der Waals surface area contributed by atoms with Crippen LogP contribution in [0, 0.1) is 25.7 Å². The summed E-state index contributed by atoms with van der Waals surface area (Å²) >= 11 is 0. The van der Waals surface area contributed by atoms with Crippen molar-refractivity contribution in [1.82, 2.24) is 10.2 Å². The number of nitrogens with one attached hydrogen (secondary N) is 2. The third-order valence-electron chi connectivity index (χ3n) is 4.52. The second-order valence-corrected chi connectivity index (χ2v) is 7.10. The van der Waals surface area contributed by atoms with E-state index in [1.807, 2.05) is 44.7 Å². The van der Waals surface area contributed by atoms with Gasteiger partial charge in [-0.2, -0.15) is 0 Å². The first kappa shape index (κ1) is 18.3. The van der Waals surface area contributed by atoms with E-state index in [1.54, 1.807) is 0 Å². The molecule has 1 aliphatic rings. The summed E-state index contributed by atoms with van der Waals surface area (Å²) in [4.78, 5) is 26.1. The third-order valence-corrected chi connectivity index (χ3v) is 4.52. The number of benzene rings is 1. The molecule has 1 heterocycles. The molecule has 0 spiro atoms. The van der Waals surface area contributed by atoms with Gasteiger partial charge < -0.3 is 15.5 Å². The number of anilines is 1. The summed E-state index contributed by atoms with van der Waals surface area (Å²) in [6.45, 7) is 9.92. The lowest BCUT2D eigenvalue weighted by Gasteiger charge is -2.33. The summed E-state index contributed by atoms with van der Waals surface area (Å²) in [7, 11) is 0. The fourth-order valence-corrected chi connectivity index (χ4v) is 3.01. The molecule has 1 fully saturated rings. The monoisotopic (exact) mass is 331 g/mol. The first-order valence-electron chi connectivity index (χ1n) is 8.77. The quantitative estimate of drug-likeness (QED) is 0.889. The Morgan fingerprint density at radius 3 is 2.71 bits per heavy atom. The first-order valence-corrected chi connectivity index (χ1v) is 8.77. The predicted molar refractivity (Wildman–Crippen MR) is 97.1 cm³/mol. The van der Waals surface area contributed by atoms with Crippen LogP contribution in [0.15, 0.2) is 18.2 Å². The zero-order valence-corrected chi connectivity index (χ0v) is 15.2. The number of likely N-dealkylation sites (tertiary alicyclic amines) is 1. The molecule has 0 saturated carbocycles. The van der Waals surface area contributed by atoms with Crippen molar-refractivity contribution >= 4 is 17.6 Å². The Bertz CT molecular complexity index is 598. The maximum absolute atomic E-state index is 12.5. The van der Waals surface area contributed by atoms with Crippen LogP contribution >= 0.6 is 0 Å². The SMILES string of the molecule is Cc1ccc(NC(=O)N2CCC[C@H](CNC(=O)C(C)C)C2)c(C)c1. The number of nitrogens with zero attached hydrogens (tertiary/aromatic N) is 1. The summed E-state index contributed by atoms with van der Waals surface area (Å²) in [6, 6.07) is 5.97. The van der Waals surface area contributed by atoms with Crippen molar-refractivity contribution in [2.75, 3.05) is 25.0 Å². The standard InChI is InChI=1S/C19H29N3O2/c1-13(2)18(23)20-11-16-6-5-9-22(12-16)19(24)21-17-8-7-14(3)10-15(17)4/h7-8,10,13,16H,5-6,9,11-12H2,1-4H3,(H,20,23)(H,21,24)/t16-/m1/s1. The van der Waals surface area contributed by atoms with Crippen molar-refractivity contribution in [2.24, 2.45) is 11.8 Å². The van der Waals surface area contributed by atoms with Crippen molar-refractivity contribution in [3.63, 3.8) is 0 Å². The number of piperidine rings is 1. The van der Waals surface area contributed by atoms with Crippen LogP contribution in [0.2, 0.25) is 0 Å². The van der Waals surface area contributed by atoms with Crippen LogP contribution in [-0.4, -0.2) is 36.5 Å². The molecular formula is C19H29N3O2. The van der Waals surface area contributed by atoms with Gasteiger partial charge in [-0.05, 0) is 44.2 Å². The molecule has 1 aromatic carbocycles. The minimum atomic E-state index is -0.0539. The highest BCUT2D eigenvalue weighted by Gasteiger charge is 2.24. The highest BCUT2D eigenvalue weighted by Crippen LogP contribution is 2.20. The third kappa shape index (κ3) is 4.98. The minimum Gasteiger partial charge on any atom is -0.356 e. The summed E-state index contributed by atoms with van der Waals surface area (Å²) in [6.07, 6.45) is 2.02. The number of carbonyl (C=O) groups is 2. The molecule has 5 heteroatoms. The van der Waals surface area contributed by atoms with E-state index in [-0.39, 0.29) is 17.9 Å². The average Bonchev–Trinajstić information content (AvgIpc) is 2.55. The van der Waals surface area contributed by atoms with Gasteiger partial charge in [0, 0.05) is 31.2 Å². The Kier molecular flexibility index (Phi) is 6.23. The molecule has 0 bridgehead atoms. The number of aryl methyl sites for hydroxylation is 2. The number of urea groups is 1. The zero-order valence-electron chi connectivity index (χ0n) is 15.2. The molecule has 0 radical (unpaired) electrons. The van der Waals surface area contributed by atoms with E-state index in [0.717, 1.165) is 30.6 Å². The van der Waals surface area contributed by atoms with Crippen molar-refractivity contribution in [3.8, 4) is 0 Å². The lowest BCUT2D eigenvalue weighted by molar-refractivity contribution is -0.124. The number of carbonyl (C=O) groups excluding carboxylic acids is 2. The van der Waals surface area contributed by atoms with E-state index in [1.165, 1.54) is 5.56 Å². The summed E-state index contributed by atoms with van der Waals surface area (Å²) in [5, 5.41) is 5.99. The maximum atomic E-state index is 12.5. The average molecular weight is 331 g/mol. The van der Waals surface area contributed by atoms with E-state index in [4.69, 9.17) is 0 Å². The van der Waals surface area contributed by atoms with E-state index >= 15 is 0 Å². The van der Waals surface area contributed by atoms with Gasteiger partial charge in [0.2, 0.25) is 5.91 Å². The van der Waals surface area contributed by atoms with Gasteiger partial charge in [0.15, 0.2) is 0 Å². The second-order valence-electron chi connectivity index (χ2n) is 7.10. The molecule has 132 valence electrons. The maximum Gasteiger partial charge on any atom is 0.321 e. The van der Waals surface area contributed by atoms with Gasteiger partial charge in [-0.3, -0.25) is 4.79 Å². The highest BCUT2D eigenvalue weighted by molar-refractivity contribution is 5.90. The van der Waals surface area contributed by atoms with E-state index in [9.17, 15) is 9.59 Å². The van der Waals surface area contributed by atoms with Crippen LogP contribution in [0.5, 0.6) is 0 Å². The van der Waals surface area contributed by atoms with Crippen molar-refractivity contribution in [3.05, 3.63) is 29.3 Å². The second kappa shape index (κ2) is 8.18. The van der Waals surface area contributed by atoms with Gasteiger partial charge in [-0.1, -0.05) is 31.5 Å². The van der Waals surface area contributed by atoms with E-state index in [0.29, 0.717) is 19.0 Å². The van der Waals surface area contributed by atoms with Crippen LogP contribution in [-0.2, 0) is 4.79 Å². The van der Waals surface area contributed by atoms with Crippen molar-refractivity contribution in [1.29, 1.82) is 0 Å². The van der Waals surface area contributed by atoms with Crippen molar-refractivity contribution < 1.29 is 9.59 Å². The molecule has 0 aromatic heterocycles. The van der Waals surface area contributed by atoms with Crippen LogP contribution in [0.1, 0.15) is 37.8 Å². The lowest BCUT2D eigenvalue weighted by Crippen LogP contribution is -2.45. The molecule has 1 saturated heterocycles. The molecule has 1 atom stereocenters. The topological polar surface area (TPSA) is 61.4 Å². The number of hydrogen-bond acceptors (Lipinski definition) is 2. The van der Waals surface area contributed by atoms with E-state index in [2.05, 4.69) is 16.7 Å². The normalized spacial score (nSPS) is 17.7. The molecule has 0 unspecified atom stereocenters. The Hall–Kier alpha value is -2.04. The van der Waals surface area contributed by atoms with Crippen molar-refractivity contribution in [2.45, 2.75) is 40.5 Å². The molecule has 5 nitrogen and oxygen atoms in total. The Balaban J connectivity index is 1.89. The van der Waals surface area contributed by atoms with Crippen LogP contribution in [0.3, 0.4) is 0 Å². The van der Waals surface area contributed by atoms with Gasteiger partial charge in [0.05, 0.1) is 0 Å². The molecule has 24 heavy (non-hydrogen) atoms. The van der Waals surface area contributed by atoms with Gasteiger partial charge in [0.1, 0.15) is 0 Å². The summed E-state index contributed by atoms with van der Waals surface area (Å²) in [5.74, 6) is 0.399. The highest BCUT2D eigenvalue weighted by atomic mass is 16.2. The van der Waals surface area contributed by atoms with Gasteiger partial charge in [-0.15, -0.1) is 0 Å². The van der Waals surface area contributed by atoms with E-state index < -0.39 is 0 Å². The summed E-state index contributed by atoms with van der Waals surface area (Å²) in [5.41, 5.74) is 3.12. The fourth-order valence-electron chi connectivity index (χ4n) is 3.01. The van der Waals surface area contributed by atoms with Gasteiger partial charge >= 0.3 is 6.03 Å². The molecular weight excluding hydrogens is 302 g/mol. The van der Waals surface area contributed by atoms with Gasteiger partial charge in [0.25, 0.3) is 0 Å². The Morgan fingerprint density at radius 2 is 2.04 bits per heavy atom. The van der Waals surface area contributed by atoms with Crippen LogP contribution in [0.25, 0.3) is 0 Å². The largest absolute Gasteiger partial charge is 0.356 e. The Labute approximate surface area is 144 Å². The predicted octanol–water partition coefficient (Wildman–Crippen LogP) is 3.32. The number of amides is 3. The summed E-state index contributed by atoms with van der Waals surface area (Å²) < 4.78 is 0. The lowest BCUT2D eigenvalue weighted by atomic mass is 9.98. The Morgan fingerprint density at radius 1 is 1.29 bits per heavy atom. The molecule has 0 aliphatic carbocycles. The number of hydrogen-bond donors (Lipinski definition) is 2.